The predicted octanol–water partition coefficient (Wildman–Crippen LogP) is 1.79. The highest BCUT2D eigenvalue weighted by molar-refractivity contribution is 7.89. The lowest BCUT2D eigenvalue weighted by Crippen LogP contribution is -2.26. The highest BCUT2D eigenvalue weighted by Gasteiger charge is 2.23. The summed E-state index contributed by atoms with van der Waals surface area (Å²) in [6, 6.07) is 1.63. The van der Waals surface area contributed by atoms with E-state index in [4.69, 9.17) is 5.73 Å². The van der Waals surface area contributed by atoms with Crippen molar-refractivity contribution >= 4 is 32.7 Å². The third-order valence-electron chi connectivity index (χ3n) is 2.75. The smallest absolute Gasteiger partial charge is 0.243 e. The molecule has 0 atom stereocenters. The highest BCUT2D eigenvalue weighted by atomic mass is 32.2. The van der Waals surface area contributed by atoms with Crippen LogP contribution in [-0.2, 0) is 23.1 Å². The molecule has 2 aromatic heterocycles. The average molecular weight is 317 g/mol. The number of aromatic nitrogens is 1. The van der Waals surface area contributed by atoms with Gasteiger partial charge in [0.05, 0.1) is 16.1 Å². The summed E-state index contributed by atoms with van der Waals surface area (Å²) in [5.74, 6) is 0. The lowest BCUT2D eigenvalue weighted by atomic mass is 10.4. The third kappa shape index (κ3) is 3.03. The fourth-order valence-electron chi connectivity index (χ4n) is 1.55. The first-order valence-corrected chi connectivity index (χ1v) is 8.78. The second kappa shape index (κ2) is 5.68. The number of rotatable bonds is 5. The van der Waals surface area contributed by atoms with Crippen LogP contribution < -0.4 is 5.73 Å². The Morgan fingerprint density at radius 3 is 2.68 bits per heavy atom. The molecule has 0 unspecified atom stereocenters. The zero-order chi connectivity index (χ0) is 14.0. The summed E-state index contributed by atoms with van der Waals surface area (Å²) in [5.41, 5.74) is 8.11. The molecule has 0 spiro atoms. The Morgan fingerprint density at radius 1 is 1.42 bits per heavy atom. The molecule has 19 heavy (non-hydrogen) atoms. The Kier molecular flexibility index (Phi) is 4.36. The molecule has 8 heteroatoms. The maximum atomic E-state index is 12.4. The molecule has 0 amide bonds. The van der Waals surface area contributed by atoms with Crippen molar-refractivity contribution in [2.45, 2.75) is 24.9 Å². The fourth-order valence-corrected chi connectivity index (χ4v) is 4.74. The number of sulfonamides is 1. The molecule has 0 aliphatic heterocycles. The summed E-state index contributed by atoms with van der Waals surface area (Å²) in [6.45, 7) is 2.58. The number of hydrogen-bond acceptors (Lipinski definition) is 6. The summed E-state index contributed by atoms with van der Waals surface area (Å²) < 4.78 is 26.1. The fraction of sp³-hybridized carbons (Fsp3) is 0.364. The Labute approximate surface area is 120 Å². The number of hydrogen-bond donors (Lipinski definition) is 1. The Morgan fingerprint density at radius 2 is 2.16 bits per heavy atom. The SMILES string of the molecule is Cc1ncsc1CN(C)S(=O)(=O)c1csc(CN)c1. The van der Waals surface area contributed by atoms with Crippen molar-refractivity contribution in [2.75, 3.05) is 7.05 Å². The van der Waals surface area contributed by atoms with E-state index in [9.17, 15) is 8.42 Å². The Bertz CT molecular complexity index is 660. The number of nitrogens with zero attached hydrogens (tertiary/aromatic N) is 2. The van der Waals surface area contributed by atoms with E-state index in [0.717, 1.165) is 15.4 Å². The minimum Gasteiger partial charge on any atom is -0.326 e. The summed E-state index contributed by atoms with van der Waals surface area (Å²) in [4.78, 5) is 6.25. The van der Waals surface area contributed by atoms with Crippen molar-refractivity contribution in [3.05, 3.63) is 32.4 Å². The maximum Gasteiger partial charge on any atom is 0.243 e. The van der Waals surface area contributed by atoms with Gasteiger partial charge >= 0.3 is 0 Å². The maximum absolute atomic E-state index is 12.4. The molecule has 0 saturated heterocycles. The van der Waals surface area contributed by atoms with E-state index in [-0.39, 0.29) is 0 Å². The quantitative estimate of drug-likeness (QED) is 0.912. The van der Waals surface area contributed by atoms with Gasteiger partial charge in [0.2, 0.25) is 10.0 Å². The van der Waals surface area contributed by atoms with E-state index in [1.54, 1.807) is 24.0 Å². The zero-order valence-corrected chi connectivity index (χ0v) is 13.1. The first kappa shape index (κ1) is 14.6. The van der Waals surface area contributed by atoms with Crippen molar-refractivity contribution in [3.8, 4) is 0 Å². The molecule has 0 aliphatic rings. The van der Waals surface area contributed by atoms with E-state index in [0.29, 0.717) is 18.0 Å². The molecule has 2 heterocycles. The zero-order valence-electron chi connectivity index (χ0n) is 10.7. The number of nitrogens with two attached hydrogens (primary N) is 1. The highest BCUT2D eigenvalue weighted by Crippen LogP contribution is 2.24. The van der Waals surface area contributed by atoms with Crippen molar-refractivity contribution < 1.29 is 8.42 Å². The van der Waals surface area contributed by atoms with Gasteiger partial charge in [0.1, 0.15) is 0 Å². The molecule has 5 nitrogen and oxygen atoms in total. The van der Waals surface area contributed by atoms with E-state index in [2.05, 4.69) is 4.98 Å². The normalized spacial score (nSPS) is 12.2. The topological polar surface area (TPSA) is 76.3 Å². The molecule has 0 radical (unpaired) electrons. The van der Waals surface area contributed by atoms with Gasteiger partial charge in [-0.1, -0.05) is 0 Å². The summed E-state index contributed by atoms with van der Waals surface area (Å²) >= 11 is 2.83. The van der Waals surface area contributed by atoms with E-state index in [1.165, 1.54) is 27.0 Å². The number of thiophene rings is 1. The molecule has 0 aromatic carbocycles. The van der Waals surface area contributed by atoms with E-state index < -0.39 is 10.0 Å². The Balaban J connectivity index is 2.22. The van der Waals surface area contributed by atoms with Gasteiger partial charge in [0.15, 0.2) is 0 Å². The van der Waals surface area contributed by atoms with Crippen LogP contribution in [0, 0.1) is 6.92 Å². The molecule has 104 valence electrons. The van der Waals surface area contributed by atoms with E-state index >= 15 is 0 Å². The predicted molar refractivity (Wildman–Crippen MR) is 77.7 cm³/mol. The number of aryl methyl sites for hydroxylation is 1. The van der Waals surface area contributed by atoms with Gasteiger partial charge in [0, 0.05) is 35.3 Å². The lowest BCUT2D eigenvalue weighted by Gasteiger charge is -2.15. The first-order valence-electron chi connectivity index (χ1n) is 5.58. The van der Waals surface area contributed by atoms with Gasteiger partial charge in [-0.25, -0.2) is 13.4 Å². The van der Waals surface area contributed by atoms with Crippen LogP contribution >= 0.6 is 22.7 Å². The molecule has 2 rings (SSSR count). The molecule has 2 aromatic rings. The number of thiazole rings is 1. The lowest BCUT2D eigenvalue weighted by molar-refractivity contribution is 0.469. The van der Waals surface area contributed by atoms with Crippen LogP contribution in [0.15, 0.2) is 21.9 Å². The summed E-state index contributed by atoms with van der Waals surface area (Å²) in [5, 5.41) is 1.63. The van der Waals surface area contributed by atoms with Gasteiger partial charge in [-0.05, 0) is 13.0 Å². The minimum atomic E-state index is -3.45. The van der Waals surface area contributed by atoms with Crippen LogP contribution in [0.1, 0.15) is 15.4 Å². The minimum absolute atomic E-state index is 0.308. The van der Waals surface area contributed by atoms with Gasteiger partial charge in [0.25, 0.3) is 0 Å². The van der Waals surface area contributed by atoms with Crippen LogP contribution in [0.3, 0.4) is 0 Å². The van der Waals surface area contributed by atoms with Crippen molar-refractivity contribution in [1.29, 1.82) is 0 Å². The van der Waals surface area contributed by atoms with Crippen LogP contribution in [0.25, 0.3) is 0 Å². The van der Waals surface area contributed by atoms with Crippen molar-refractivity contribution in [3.63, 3.8) is 0 Å². The largest absolute Gasteiger partial charge is 0.326 e. The van der Waals surface area contributed by atoms with Crippen LogP contribution in [0.5, 0.6) is 0 Å². The summed E-state index contributed by atoms with van der Waals surface area (Å²) in [6.07, 6.45) is 0. The molecular formula is C11H15N3O2S3. The van der Waals surface area contributed by atoms with Gasteiger partial charge in [-0.15, -0.1) is 22.7 Å². The molecule has 0 aliphatic carbocycles. The summed E-state index contributed by atoms with van der Waals surface area (Å²) in [7, 11) is -1.88. The molecule has 0 bridgehead atoms. The second-order valence-electron chi connectivity index (χ2n) is 4.07. The van der Waals surface area contributed by atoms with Crippen molar-refractivity contribution in [2.24, 2.45) is 5.73 Å². The second-order valence-corrected chi connectivity index (χ2v) is 8.05. The molecule has 0 saturated carbocycles. The van der Waals surface area contributed by atoms with Crippen LogP contribution in [0.2, 0.25) is 0 Å². The van der Waals surface area contributed by atoms with Gasteiger partial charge in [-0.2, -0.15) is 4.31 Å². The van der Waals surface area contributed by atoms with Crippen LogP contribution in [-0.4, -0.2) is 24.8 Å². The van der Waals surface area contributed by atoms with Gasteiger partial charge in [-0.3, -0.25) is 0 Å². The Hall–Kier alpha value is -0.800. The van der Waals surface area contributed by atoms with Gasteiger partial charge < -0.3 is 5.73 Å². The third-order valence-corrected chi connectivity index (χ3v) is 6.56. The molecule has 0 fully saturated rings. The first-order chi connectivity index (χ1) is 8.95. The van der Waals surface area contributed by atoms with E-state index in [1.807, 2.05) is 6.92 Å². The monoisotopic (exact) mass is 317 g/mol. The molecular weight excluding hydrogens is 302 g/mol. The average Bonchev–Trinajstić information content (AvgIpc) is 2.99. The standard InChI is InChI=1S/C11H15N3O2S3/c1-8-11(18-7-13-8)5-14(2)19(15,16)10-3-9(4-12)17-6-10/h3,6-7H,4-5,12H2,1-2H3. The van der Waals surface area contributed by atoms with Crippen LogP contribution in [0.4, 0.5) is 0 Å². The van der Waals surface area contributed by atoms with Crippen molar-refractivity contribution in [1.82, 2.24) is 9.29 Å². The molecule has 2 N–H and O–H groups in total.